The summed E-state index contributed by atoms with van der Waals surface area (Å²) in [6, 6.07) is 0. The largest absolute Gasteiger partial charge is 0.133 e. The van der Waals surface area contributed by atoms with Gasteiger partial charge in [0.2, 0.25) is 0 Å². The molecule has 36 valence electrons. The fourth-order valence-electron chi connectivity index (χ4n) is 0.142. The van der Waals surface area contributed by atoms with Crippen LogP contribution in [0.4, 0.5) is 0 Å². The van der Waals surface area contributed by atoms with Gasteiger partial charge >= 0.3 is 0 Å². The topological polar surface area (TPSA) is 48.8 Å². The van der Waals surface area contributed by atoms with Crippen LogP contribution in [0.2, 0.25) is 0 Å². The summed E-state index contributed by atoms with van der Waals surface area (Å²) in [5.74, 6) is 0. The molecule has 0 aromatic heterocycles. The number of rotatable bonds is 2. The zero-order valence-corrected chi connectivity index (χ0v) is 3.83. The molecule has 0 unspecified atom stereocenters. The van der Waals surface area contributed by atoms with Gasteiger partial charge in [-0.25, -0.2) is 0 Å². The van der Waals surface area contributed by atoms with Crippen molar-refractivity contribution in [3.8, 4) is 0 Å². The molecule has 0 fully saturated rings. The Morgan fingerprint density at radius 3 is 3.14 bits per heavy atom. The van der Waals surface area contributed by atoms with Gasteiger partial charge in [0.1, 0.15) is 0 Å². The highest BCUT2D eigenvalue weighted by Gasteiger charge is 1.60. The summed E-state index contributed by atoms with van der Waals surface area (Å²) in [6.07, 6.45) is 1.56. The van der Waals surface area contributed by atoms with E-state index in [1.54, 1.807) is 6.08 Å². The minimum absolute atomic E-state index is 0.347. The molecule has 0 spiro atoms. The van der Waals surface area contributed by atoms with Crippen LogP contribution in [0.3, 0.4) is 0 Å². The molecule has 0 aliphatic heterocycles. The fraction of sp³-hybridized carbons (Fsp3) is 0.250. The normalized spacial score (nSPS) is 5.71. The van der Waals surface area contributed by atoms with Gasteiger partial charge in [-0.15, -0.1) is 5.73 Å². The molecule has 3 heteroatoms. The molecule has 0 aromatic rings. The SMILES string of the molecule is C=C=CCN=[N+]=[N-]. The Balaban J connectivity index is 3.33. The van der Waals surface area contributed by atoms with Crippen molar-refractivity contribution in [1.29, 1.82) is 0 Å². The molecule has 0 aliphatic carbocycles. The molecule has 0 rings (SSSR count). The van der Waals surface area contributed by atoms with E-state index in [1.165, 1.54) is 0 Å². The van der Waals surface area contributed by atoms with E-state index >= 15 is 0 Å². The van der Waals surface area contributed by atoms with Gasteiger partial charge in [-0.3, -0.25) is 0 Å². The molecule has 0 N–H and O–H groups in total. The summed E-state index contributed by atoms with van der Waals surface area (Å²) < 4.78 is 0. The second-order valence-corrected chi connectivity index (χ2v) is 0.822. The van der Waals surface area contributed by atoms with Crippen molar-refractivity contribution in [3.05, 3.63) is 28.8 Å². The Morgan fingerprint density at radius 1 is 2.00 bits per heavy atom. The van der Waals surface area contributed by atoms with Crippen LogP contribution in [-0.4, -0.2) is 6.54 Å². The molecule has 0 radical (unpaired) electrons. The average molecular weight is 95.1 g/mol. The summed E-state index contributed by atoms with van der Waals surface area (Å²) in [7, 11) is 0. The third-order valence-corrected chi connectivity index (χ3v) is 0.381. The third-order valence-electron chi connectivity index (χ3n) is 0.381. The van der Waals surface area contributed by atoms with Crippen LogP contribution in [0.5, 0.6) is 0 Å². The highest BCUT2D eigenvalue weighted by Crippen LogP contribution is 1.69. The fourth-order valence-corrected chi connectivity index (χ4v) is 0.142. The Morgan fingerprint density at radius 2 is 2.71 bits per heavy atom. The molecule has 7 heavy (non-hydrogen) atoms. The van der Waals surface area contributed by atoms with Crippen molar-refractivity contribution in [1.82, 2.24) is 0 Å². The summed E-state index contributed by atoms with van der Waals surface area (Å²) in [5, 5.41) is 3.18. The van der Waals surface area contributed by atoms with E-state index in [0.717, 1.165) is 0 Å². The molecule has 3 nitrogen and oxygen atoms in total. The van der Waals surface area contributed by atoms with Crippen LogP contribution < -0.4 is 0 Å². The highest BCUT2D eigenvalue weighted by molar-refractivity contribution is 4.77. The monoisotopic (exact) mass is 95.0 g/mol. The smallest absolute Gasteiger partial charge is 0.0515 e. The molecular formula is C4H5N3. The van der Waals surface area contributed by atoms with E-state index in [9.17, 15) is 0 Å². The summed E-state index contributed by atoms with van der Waals surface area (Å²) in [5.41, 5.74) is 10.1. The van der Waals surface area contributed by atoms with Gasteiger partial charge in [-0.05, 0) is 11.6 Å². The van der Waals surface area contributed by atoms with Crippen molar-refractivity contribution in [2.24, 2.45) is 5.11 Å². The Hall–Kier alpha value is -1.17. The van der Waals surface area contributed by atoms with E-state index in [0.29, 0.717) is 6.54 Å². The number of hydrogen-bond acceptors (Lipinski definition) is 1. The number of nitrogens with zero attached hydrogens (tertiary/aromatic N) is 3. The highest BCUT2D eigenvalue weighted by atomic mass is 15.1. The Labute approximate surface area is 41.6 Å². The third kappa shape index (κ3) is 4.83. The van der Waals surface area contributed by atoms with Crippen LogP contribution in [0.15, 0.2) is 23.5 Å². The van der Waals surface area contributed by atoms with Crippen molar-refractivity contribution >= 4 is 0 Å². The van der Waals surface area contributed by atoms with Gasteiger partial charge in [0.05, 0.1) is 6.54 Å². The van der Waals surface area contributed by atoms with E-state index in [4.69, 9.17) is 5.53 Å². The first-order valence-electron chi connectivity index (χ1n) is 1.77. The first-order chi connectivity index (χ1) is 3.41. The molecule has 0 saturated carbocycles. The number of hydrogen-bond donors (Lipinski definition) is 0. The van der Waals surface area contributed by atoms with Crippen molar-refractivity contribution in [3.63, 3.8) is 0 Å². The van der Waals surface area contributed by atoms with Crippen molar-refractivity contribution in [2.75, 3.05) is 6.54 Å². The maximum Gasteiger partial charge on any atom is 0.0515 e. The zero-order chi connectivity index (χ0) is 5.54. The molecule has 0 atom stereocenters. The lowest BCUT2D eigenvalue weighted by molar-refractivity contribution is 1.22. The van der Waals surface area contributed by atoms with Crippen LogP contribution in [-0.2, 0) is 0 Å². The first kappa shape index (κ1) is 5.83. The Bertz CT molecular complexity index is 110. The molecule has 0 amide bonds. The maximum atomic E-state index is 7.68. The van der Waals surface area contributed by atoms with E-state index in [2.05, 4.69) is 22.3 Å². The van der Waals surface area contributed by atoms with Crippen LogP contribution >= 0.6 is 0 Å². The quantitative estimate of drug-likeness (QED) is 0.216. The minimum atomic E-state index is 0.347. The van der Waals surface area contributed by atoms with Crippen molar-refractivity contribution in [2.45, 2.75) is 0 Å². The van der Waals surface area contributed by atoms with E-state index in [-0.39, 0.29) is 0 Å². The predicted octanol–water partition coefficient (Wildman–Crippen LogP) is 1.64. The second kappa shape index (κ2) is 4.83. The summed E-state index contributed by atoms with van der Waals surface area (Å²) >= 11 is 0. The van der Waals surface area contributed by atoms with Gasteiger partial charge in [0.15, 0.2) is 0 Å². The first-order valence-corrected chi connectivity index (χ1v) is 1.77. The predicted molar refractivity (Wildman–Crippen MR) is 27.7 cm³/mol. The number of azide groups is 1. The van der Waals surface area contributed by atoms with Gasteiger partial charge < -0.3 is 0 Å². The van der Waals surface area contributed by atoms with Crippen molar-refractivity contribution < 1.29 is 0 Å². The van der Waals surface area contributed by atoms with E-state index < -0.39 is 0 Å². The van der Waals surface area contributed by atoms with Gasteiger partial charge in [-0.1, -0.05) is 11.7 Å². The minimum Gasteiger partial charge on any atom is -0.133 e. The second-order valence-electron chi connectivity index (χ2n) is 0.822. The van der Waals surface area contributed by atoms with Crippen LogP contribution in [0.25, 0.3) is 10.4 Å². The molecule has 0 aromatic carbocycles. The maximum absolute atomic E-state index is 7.68. The lowest BCUT2D eigenvalue weighted by Gasteiger charge is -1.64. The molecule has 0 aliphatic rings. The molecule has 0 saturated heterocycles. The molecule has 0 bridgehead atoms. The standard InChI is InChI=1S/C4H5N3/c1-2-3-4-6-7-5/h3H,1,4H2. The van der Waals surface area contributed by atoms with E-state index in [1.807, 2.05) is 0 Å². The molecular weight excluding hydrogens is 90.1 g/mol. The van der Waals surface area contributed by atoms with Crippen LogP contribution in [0, 0.1) is 0 Å². The summed E-state index contributed by atoms with van der Waals surface area (Å²) in [6.45, 7) is 3.62. The lowest BCUT2D eigenvalue weighted by atomic mass is 10.6. The van der Waals surface area contributed by atoms with Gasteiger partial charge in [0, 0.05) is 4.91 Å². The van der Waals surface area contributed by atoms with Crippen LogP contribution in [0.1, 0.15) is 0 Å². The van der Waals surface area contributed by atoms with Gasteiger partial charge in [-0.2, -0.15) is 0 Å². The Kier molecular flexibility index (Phi) is 4.02. The molecule has 0 heterocycles. The zero-order valence-electron chi connectivity index (χ0n) is 3.83. The lowest BCUT2D eigenvalue weighted by Crippen LogP contribution is -1.59. The summed E-state index contributed by atoms with van der Waals surface area (Å²) in [4.78, 5) is 2.50. The van der Waals surface area contributed by atoms with Gasteiger partial charge in [0.25, 0.3) is 0 Å². The average Bonchev–Trinajstić information content (AvgIpc) is 1.69.